The van der Waals surface area contributed by atoms with Crippen molar-refractivity contribution in [3.63, 3.8) is 0 Å². The summed E-state index contributed by atoms with van der Waals surface area (Å²) < 4.78 is 10.5. The zero-order valence-corrected chi connectivity index (χ0v) is 9.10. The lowest BCUT2D eigenvalue weighted by atomic mass is 10.3. The Morgan fingerprint density at radius 3 is 2.60 bits per heavy atom. The van der Waals surface area contributed by atoms with Gasteiger partial charge in [-0.25, -0.2) is 0 Å². The molecule has 0 saturated heterocycles. The normalized spacial score (nSPS) is 11.9. The molecule has 0 aliphatic heterocycles. The van der Waals surface area contributed by atoms with Crippen LogP contribution in [0.1, 0.15) is 20.3 Å². The Bertz CT molecular complexity index is 295. The van der Waals surface area contributed by atoms with Gasteiger partial charge in [-0.15, -0.1) is 0 Å². The van der Waals surface area contributed by atoms with Gasteiger partial charge in [0.2, 0.25) is 0 Å². The molecule has 0 aromatic heterocycles. The molecule has 0 bridgehead atoms. The van der Waals surface area contributed by atoms with E-state index in [-0.39, 0.29) is 12.1 Å². The van der Waals surface area contributed by atoms with Crippen LogP contribution < -0.4 is 4.74 Å². The SMILES string of the molecule is CCC(=O)O[C@@H](C)COc1ccccc1. The second kappa shape index (κ2) is 6.06. The first-order valence-corrected chi connectivity index (χ1v) is 5.09. The van der Waals surface area contributed by atoms with E-state index < -0.39 is 0 Å². The molecule has 0 saturated carbocycles. The lowest BCUT2D eigenvalue weighted by Crippen LogP contribution is -2.21. The van der Waals surface area contributed by atoms with Crippen molar-refractivity contribution in [3.8, 4) is 5.75 Å². The van der Waals surface area contributed by atoms with Gasteiger partial charge in [0.1, 0.15) is 18.5 Å². The Kier molecular flexibility index (Phi) is 4.68. The Hall–Kier alpha value is -1.51. The number of hydrogen-bond donors (Lipinski definition) is 0. The molecule has 0 aliphatic rings. The van der Waals surface area contributed by atoms with E-state index in [9.17, 15) is 4.79 Å². The molecule has 82 valence electrons. The fraction of sp³-hybridized carbons (Fsp3) is 0.417. The van der Waals surface area contributed by atoms with Crippen molar-refractivity contribution in [1.29, 1.82) is 0 Å². The van der Waals surface area contributed by atoms with Crippen molar-refractivity contribution in [1.82, 2.24) is 0 Å². The number of benzene rings is 1. The first kappa shape index (κ1) is 11.6. The largest absolute Gasteiger partial charge is 0.490 e. The van der Waals surface area contributed by atoms with E-state index >= 15 is 0 Å². The van der Waals surface area contributed by atoms with Crippen LogP contribution in [0.3, 0.4) is 0 Å². The molecule has 1 atom stereocenters. The van der Waals surface area contributed by atoms with Crippen LogP contribution in [-0.4, -0.2) is 18.7 Å². The zero-order valence-electron chi connectivity index (χ0n) is 9.10. The topological polar surface area (TPSA) is 35.5 Å². The first-order valence-electron chi connectivity index (χ1n) is 5.09. The summed E-state index contributed by atoms with van der Waals surface area (Å²) in [6.07, 6.45) is 0.188. The summed E-state index contributed by atoms with van der Waals surface area (Å²) in [6.45, 7) is 3.97. The third kappa shape index (κ3) is 4.49. The predicted octanol–water partition coefficient (Wildman–Crippen LogP) is 2.41. The van der Waals surface area contributed by atoms with E-state index in [1.54, 1.807) is 6.92 Å². The number of hydrogen-bond acceptors (Lipinski definition) is 3. The minimum atomic E-state index is -0.211. The van der Waals surface area contributed by atoms with Crippen LogP contribution in [0.25, 0.3) is 0 Å². The Labute approximate surface area is 90.0 Å². The van der Waals surface area contributed by atoms with Gasteiger partial charge < -0.3 is 9.47 Å². The molecule has 0 N–H and O–H groups in total. The van der Waals surface area contributed by atoms with E-state index in [1.165, 1.54) is 0 Å². The van der Waals surface area contributed by atoms with Crippen molar-refractivity contribution >= 4 is 5.97 Å². The molecule has 0 unspecified atom stereocenters. The highest BCUT2D eigenvalue weighted by Gasteiger charge is 2.07. The van der Waals surface area contributed by atoms with Crippen LogP contribution in [0, 0.1) is 0 Å². The minimum Gasteiger partial charge on any atom is -0.490 e. The van der Waals surface area contributed by atoms with Gasteiger partial charge in [0.05, 0.1) is 0 Å². The van der Waals surface area contributed by atoms with E-state index in [2.05, 4.69) is 0 Å². The second-order valence-corrected chi connectivity index (χ2v) is 3.28. The van der Waals surface area contributed by atoms with Crippen molar-refractivity contribution in [2.75, 3.05) is 6.61 Å². The number of rotatable bonds is 5. The molecule has 1 aromatic carbocycles. The highest BCUT2D eigenvalue weighted by molar-refractivity contribution is 5.69. The van der Waals surface area contributed by atoms with Crippen LogP contribution >= 0.6 is 0 Å². The van der Waals surface area contributed by atoms with Crippen LogP contribution in [-0.2, 0) is 9.53 Å². The van der Waals surface area contributed by atoms with E-state index in [1.807, 2.05) is 37.3 Å². The number of carbonyl (C=O) groups is 1. The quantitative estimate of drug-likeness (QED) is 0.697. The van der Waals surface area contributed by atoms with Crippen molar-refractivity contribution < 1.29 is 14.3 Å². The molecule has 3 heteroatoms. The summed E-state index contributed by atoms with van der Waals surface area (Å²) in [5, 5.41) is 0. The van der Waals surface area contributed by atoms with E-state index in [0.29, 0.717) is 13.0 Å². The Balaban J connectivity index is 2.28. The van der Waals surface area contributed by atoms with Crippen molar-refractivity contribution in [2.24, 2.45) is 0 Å². The van der Waals surface area contributed by atoms with Gasteiger partial charge in [-0.3, -0.25) is 4.79 Å². The smallest absolute Gasteiger partial charge is 0.305 e. The van der Waals surface area contributed by atoms with Crippen LogP contribution in [0.4, 0.5) is 0 Å². The zero-order chi connectivity index (χ0) is 11.1. The molecule has 0 heterocycles. The number of esters is 1. The third-order valence-corrected chi connectivity index (χ3v) is 1.85. The summed E-state index contributed by atoms with van der Waals surface area (Å²) in [4.78, 5) is 11.0. The number of ether oxygens (including phenoxy) is 2. The molecule has 15 heavy (non-hydrogen) atoms. The maximum atomic E-state index is 11.0. The molecule has 1 rings (SSSR count). The molecule has 0 radical (unpaired) electrons. The molecular weight excluding hydrogens is 192 g/mol. The monoisotopic (exact) mass is 208 g/mol. The Morgan fingerprint density at radius 2 is 2.00 bits per heavy atom. The summed E-state index contributed by atoms with van der Waals surface area (Å²) >= 11 is 0. The van der Waals surface area contributed by atoms with Crippen molar-refractivity contribution in [2.45, 2.75) is 26.4 Å². The van der Waals surface area contributed by atoms with Gasteiger partial charge in [0.25, 0.3) is 0 Å². The first-order chi connectivity index (χ1) is 7.22. The van der Waals surface area contributed by atoms with Gasteiger partial charge in [0.15, 0.2) is 0 Å². The fourth-order valence-corrected chi connectivity index (χ4v) is 1.07. The van der Waals surface area contributed by atoms with Gasteiger partial charge in [0, 0.05) is 6.42 Å². The van der Waals surface area contributed by atoms with Gasteiger partial charge in [-0.2, -0.15) is 0 Å². The van der Waals surface area contributed by atoms with Crippen LogP contribution in [0.15, 0.2) is 30.3 Å². The van der Waals surface area contributed by atoms with Crippen LogP contribution in [0.2, 0.25) is 0 Å². The summed E-state index contributed by atoms with van der Waals surface area (Å²) in [5.41, 5.74) is 0. The van der Waals surface area contributed by atoms with Crippen molar-refractivity contribution in [3.05, 3.63) is 30.3 Å². The summed E-state index contributed by atoms with van der Waals surface area (Å²) in [7, 11) is 0. The summed E-state index contributed by atoms with van der Waals surface area (Å²) in [5.74, 6) is 0.594. The van der Waals surface area contributed by atoms with Gasteiger partial charge >= 0.3 is 5.97 Å². The lowest BCUT2D eigenvalue weighted by molar-refractivity contribution is -0.149. The lowest BCUT2D eigenvalue weighted by Gasteiger charge is -2.13. The average molecular weight is 208 g/mol. The maximum Gasteiger partial charge on any atom is 0.305 e. The van der Waals surface area contributed by atoms with Gasteiger partial charge in [-0.05, 0) is 19.1 Å². The third-order valence-electron chi connectivity index (χ3n) is 1.85. The molecular formula is C12H16O3. The average Bonchev–Trinajstić information content (AvgIpc) is 2.27. The maximum absolute atomic E-state index is 11.0. The van der Waals surface area contributed by atoms with Crippen LogP contribution in [0.5, 0.6) is 5.75 Å². The molecule has 0 amide bonds. The molecule has 0 spiro atoms. The highest BCUT2D eigenvalue weighted by Crippen LogP contribution is 2.09. The van der Waals surface area contributed by atoms with Gasteiger partial charge in [-0.1, -0.05) is 25.1 Å². The number of para-hydroxylation sites is 1. The standard InChI is InChI=1S/C12H16O3/c1-3-12(13)15-10(2)9-14-11-7-5-4-6-8-11/h4-8,10H,3,9H2,1-2H3/t10-/m0/s1. The highest BCUT2D eigenvalue weighted by atomic mass is 16.6. The second-order valence-electron chi connectivity index (χ2n) is 3.28. The Morgan fingerprint density at radius 1 is 1.33 bits per heavy atom. The molecule has 3 nitrogen and oxygen atoms in total. The molecule has 0 aliphatic carbocycles. The molecule has 0 fully saturated rings. The summed E-state index contributed by atoms with van der Waals surface area (Å²) in [6, 6.07) is 9.46. The predicted molar refractivity (Wildman–Crippen MR) is 57.8 cm³/mol. The minimum absolute atomic E-state index is 0.195. The number of carbonyl (C=O) groups excluding carboxylic acids is 1. The van der Waals surface area contributed by atoms with E-state index in [0.717, 1.165) is 5.75 Å². The fourth-order valence-electron chi connectivity index (χ4n) is 1.07. The molecule has 1 aromatic rings. The van der Waals surface area contributed by atoms with E-state index in [4.69, 9.17) is 9.47 Å².